The Kier molecular flexibility index (Phi) is 3.83. The van der Waals surface area contributed by atoms with Crippen molar-refractivity contribution in [3.8, 4) is 5.75 Å². The second-order valence-electron chi connectivity index (χ2n) is 5.01. The van der Waals surface area contributed by atoms with E-state index in [1.54, 1.807) is 6.20 Å². The largest absolute Gasteiger partial charge is 0.483 e. The van der Waals surface area contributed by atoms with Gasteiger partial charge in [-0.2, -0.15) is 0 Å². The number of ether oxygens (including phenoxy) is 2. The molecule has 0 amide bonds. The maximum Gasteiger partial charge on any atom is 0.184 e. The second-order valence-corrected chi connectivity index (χ2v) is 5.01. The Morgan fingerprint density at radius 1 is 1.14 bits per heavy atom. The van der Waals surface area contributed by atoms with Crippen LogP contribution in [0.4, 0.5) is 0 Å². The number of nitrogens with one attached hydrogen (secondary N) is 1. The second kappa shape index (κ2) is 5.63. The van der Waals surface area contributed by atoms with Crippen LogP contribution >= 0.6 is 0 Å². The standard InChI is InChI=1S/C14H17NO6/c16-6-10-13(11(17)12(18)14(19)21-10)20-9-5-15-8-4-2-1-3-7(8)9/h1-5,10-19H,6H2/t10-,11-,12-,13+,14+/m1/s1. The molecule has 1 saturated heterocycles. The first-order valence-corrected chi connectivity index (χ1v) is 6.65. The highest BCUT2D eigenvalue weighted by Gasteiger charge is 2.45. The Morgan fingerprint density at radius 3 is 2.67 bits per heavy atom. The van der Waals surface area contributed by atoms with Crippen molar-refractivity contribution in [2.24, 2.45) is 0 Å². The highest BCUT2D eigenvalue weighted by Crippen LogP contribution is 2.30. The van der Waals surface area contributed by atoms with Gasteiger partial charge >= 0.3 is 0 Å². The maximum atomic E-state index is 10.0. The predicted molar refractivity (Wildman–Crippen MR) is 72.7 cm³/mol. The van der Waals surface area contributed by atoms with Crippen molar-refractivity contribution in [2.75, 3.05) is 6.61 Å². The minimum absolute atomic E-state index is 0.451. The van der Waals surface area contributed by atoms with Gasteiger partial charge in [-0.3, -0.25) is 0 Å². The summed E-state index contributed by atoms with van der Waals surface area (Å²) in [5.74, 6) is 0.472. The van der Waals surface area contributed by atoms with Gasteiger partial charge in [0.15, 0.2) is 12.4 Å². The molecule has 0 spiro atoms. The minimum atomic E-state index is -1.56. The molecule has 5 atom stereocenters. The lowest BCUT2D eigenvalue weighted by atomic mass is 9.99. The van der Waals surface area contributed by atoms with Crippen molar-refractivity contribution < 1.29 is 29.9 Å². The molecule has 1 aromatic heterocycles. The van der Waals surface area contributed by atoms with Crippen LogP contribution in [0.3, 0.4) is 0 Å². The third-order valence-corrected chi connectivity index (χ3v) is 3.65. The highest BCUT2D eigenvalue weighted by atomic mass is 16.7. The number of hydrogen-bond acceptors (Lipinski definition) is 6. The van der Waals surface area contributed by atoms with Gasteiger partial charge in [0.2, 0.25) is 0 Å². The van der Waals surface area contributed by atoms with E-state index < -0.39 is 37.3 Å². The molecule has 0 bridgehead atoms. The lowest BCUT2D eigenvalue weighted by Gasteiger charge is -2.39. The molecule has 7 nitrogen and oxygen atoms in total. The average Bonchev–Trinajstić information content (AvgIpc) is 2.91. The monoisotopic (exact) mass is 295 g/mol. The van der Waals surface area contributed by atoms with Crippen molar-refractivity contribution in [1.82, 2.24) is 4.98 Å². The van der Waals surface area contributed by atoms with E-state index in [1.165, 1.54) is 0 Å². The third-order valence-electron chi connectivity index (χ3n) is 3.65. The summed E-state index contributed by atoms with van der Waals surface area (Å²) in [4.78, 5) is 3.02. The molecule has 0 saturated carbocycles. The fourth-order valence-corrected chi connectivity index (χ4v) is 2.50. The number of aromatic nitrogens is 1. The average molecular weight is 295 g/mol. The lowest BCUT2D eigenvalue weighted by molar-refractivity contribution is -0.281. The molecule has 0 unspecified atom stereocenters. The summed E-state index contributed by atoms with van der Waals surface area (Å²) < 4.78 is 10.8. The fourth-order valence-electron chi connectivity index (χ4n) is 2.50. The number of para-hydroxylation sites is 1. The van der Waals surface area contributed by atoms with Crippen LogP contribution < -0.4 is 4.74 Å². The smallest absolute Gasteiger partial charge is 0.184 e. The molecule has 0 radical (unpaired) electrons. The van der Waals surface area contributed by atoms with Crippen molar-refractivity contribution >= 4 is 10.9 Å². The number of aliphatic hydroxyl groups excluding tert-OH is 4. The summed E-state index contributed by atoms with van der Waals surface area (Å²) in [6, 6.07) is 7.44. The van der Waals surface area contributed by atoms with Gasteiger partial charge in [-0.25, -0.2) is 0 Å². The summed E-state index contributed by atoms with van der Waals surface area (Å²) >= 11 is 0. The van der Waals surface area contributed by atoms with Crippen molar-refractivity contribution in [1.29, 1.82) is 0 Å². The number of aliphatic hydroxyl groups is 4. The quantitative estimate of drug-likeness (QED) is 0.514. The van der Waals surface area contributed by atoms with E-state index >= 15 is 0 Å². The molecule has 7 heteroatoms. The minimum Gasteiger partial charge on any atom is -0.483 e. The fraction of sp³-hybridized carbons (Fsp3) is 0.429. The molecular formula is C14H17NO6. The first kappa shape index (κ1) is 14.3. The summed E-state index contributed by atoms with van der Waals surface area (Å²) in [5.41, 5.74) is 0.861. The Balaban J connectivity index is 1.88. The van der Waals surface area contributed by atoms with Crippen LogP contribution in [-0.4, -0.2) is 62.7 Å². The number of fused-ring (bicyclic) bond motifs is 1. The van der Waals surface area contributed by atoms with Gasteiger partial charge in [0.1, 0.15) is 24.1 Å². The van der Waals surface area contributed by atoms with Crippen LogP contribution in [0, 0.1) is 0 Å². The molecule has 2 heterocycles. The van der Waals surface area contributed by atoms with Crippen LogP contribution in [0.2, 0.25) is 0 Å². The molecule has 0 aliphatic carbocycles. The molecule has 1 aromatic carbocycles. The van der Waals surface area contributed by atoms with E-state index in [0.717, 1.165) is 10.9 Å². The molecule has 3 rings (SSSR count). The molecule has 1 aliphatic heterocycles. The Bertz CT molecular complexity index is 612. The summed E-state index contributed by atoms with van der Waals surface area (Å²) in [6.07, 6.45) is -4.73. The number of aromatic amines is 1. The normalized spacial score (nSPS) is 33.2. The van der Waals surface area contributed by atoms with Crippen LogP contribution in [0.1, 0.15) is 0 Å². The predicted octanol–water partition coefficient (Wildman–Crippen LogP) is -0.653. The van der Waals surface area contributed by atoms with Gasteiger partial charge in [-0.1, -0.05) is 12.1 Å². The zero-order chi connectivity index (χ0) is 15.0. The van der Waals surface area contributed by atoms with E-state index in [1.807, 2.05) is 24.3 Å². The third kappa shape index (κ3) is 2.50. The van der Waals surface area contributed by atoms with Gasteiger partial charge in [0.25, 0.3) is 0 Å². The Labute approximate surface area is 120 Å². The number of H-pyrrole nitrogens is 1. The van der Waals surface area contributed by atoms with Gasteiger partial charge in [-0.05, 0) is 12.1 Å². The van der Waals surface area contributed by atoms with Gasteiger partial charge in [0.05, 0.1) is 6.61 Å². The first-order chi connectivity index (χ1) is 10.1. The molecular weight excluding hydrogens is 278 g/mol. The Hall–Kier alpha value is -1.64. The SMILES string of the molecule is OC[C@H]1O[C@H](O)[C@H](O)[C@@H](O)[C@H]1Oc1c[nH]c2ccccc12. The van der Waals surface area contributed by atoms with Crippen molar-refractivity contribution in [3.63, 3.8) is 0 Å². The van der Waals surface area contributed by atoms with Crippen LogP contribution in [-0.2, 0) is 4.74 Å². The van der Waals surface area contributed by atoms with E-state index in [4.69, 9.17) is 9.47 Å². The summed E-state index contributed by atoms with van der Waals surface area (Å²) in [5, 5.41) is 39.3. The van der Waals surface area contributed by atoms with E-state index in [0.29, 0.717) is 5.75 Å². The number of rotatable bonds is 3. The molecule has 114 valence electrons. The summed E-state index contributed by atoms with van der Waals surface area (Å²) in [6.45, 7) is -0.451. The molecule has 1 fully saturated rings. The van der Waals surface area contributed by atoms with Gasteiger partial charge in [0, 0.05) is 17.1 Å². The van der Waals surface area contributed by atoms with Crippen LogP contribution in [0.15, 0.2) is 30.5 Å². The molecule has 21 heavy (non-hydrogen) atoms. The Morgan fingerprint density at radius 2 is 1.90 bits per heavy atom. The van der Waals surface area contributed by atoms with E-state index in [9.17, 15) is 20.4 Å². The van der Waals surface area contributed by atoms with Crippen LogP contribution in [0.5, 0.6) is 5.75 Å². The van der Waals surface area contributed by atoms with E-state index in [2.05, 4.69) is 4.98 Å². The maximum absolute atomic E-state index is 10.0. The van der Waals surface area contributed by atoms with Gasteiger partial charge < -0.3 is 34.9 Å². The zero-order valence-electron chi connectivity index (χ0n) is 11.1. The topological polar surface area (TPSA) is 115 Å². The lowest BCUT2D eigenvalue weighted by Crippen LogP contribution is -2.60. The van der Waals surface area contributed by atoms with Crippen LogP contribution in [0.25, 0.3) is 10.9 Å². The highest BCUT2D eigenvalue weighted by molar-refractivity contribution is 5.85. The van der Waals surface area contributed by atoms with Gasteiger partial charge in [-0.15, -0.1) is 0 Å². The summed E-state index contributed by atoms with van der Waals surface area (Å²) in [7, 11) is 0. The number of benzene rings is 1. The van der Waals surface area contributed by atoms with Crippen molar-refractivity contribution in [3.05, 3.63) is 30.5 Å². The number of hydrogen-bond donors (Lipinski definition) is 5. The zero-order valence-corrected chi connectivity index (χ0v) is 11.1. The molecule has 5 N–H and O–H groups in total. The first-order valence-electron chi connectivity index (χ1n) is 6.65. The molecule has 2 aromatic rings. The van der Waals surface area contributed by atoms with E-state index in [-0.39, 0.29) is 0 Å². The molecule has 1 aliphatic rings. The van der Waals surface area contributed by atoms with Crippen molar-refractivity contribution in [2.45, 2.75) is 30.7 Å².